The summed E-state index contributed by atoms with van der Waals surface area (Å²) in [5.74, 6) is 0.865. The second kappa shape index (κ2) is 6.73. The Morgan fingerprint density at radius 1 is 1.11 bits per heavy atom. The third-order valence-corrected chi connectivity index (χ3v) is 4.27. The van der Waals surface area contributed by atoms with Crippen LogP contribution in [-0.4, -0.2) is 11.3 Å². The molecule has 0 aromatic heterocycles. The Hall–Kier alpha value is -1.32. The van der Waals surface area contributed by atoms with Gasteiger partial charge in [-0.2, -0.15) is 0 Å². The minimum atomic E-state index is 0.865. The van der Waals surface area contributed by atoms with Crippen molar-refractivity contribution < 1.29 is 4.74 Å². The second-order valence-electron chi connectivity index (χ2n) is 4.08. The molecule has 0 bridgehead atoms. The predicted octanol–water partition coefficient (Wildman–Crippen LogP) is 4.73. The summed E-state index contributed by atoms with van der Waals surface area (Å²) in [4.78, 5) is 1.14. The minimum absolute atomic E-state index is 0.865. The zero-order chi connectivity index (χ0) is 13.7. The van der Waals surface area contributed by atoms with Crippen molar-refractivity contribution in [3.05, 3.63) is 59.7 Å². The van der Waals surface area contributed by atoms with E-state index < -0.39 is 0 Å². The lowest BCUT2D eigenvalue weighted by atomic mass is 10.1. The molecule has 0 N–H and O–H groups in total. The smallest absolute Gasteiger partial charge is 0.118 e. The Morgan fingerprint density at radius 3 is 2.42 bits per heavy atom. The normalized spacial score (nSPS) is 10.2. The van der Waals surface area contributed by atoms with E-state index in [2.05, 4.69) is 25.1 Å². The number of hydrogen-bond donors (Lipinski definition) is 0. The molecule has 3 heteroatoms. The van der Waals surface area contributed by atoms with Gasteiger partial charge in [0, 0.05) is 10.5 Å². The van der Waals surface area contributed by atoms with E-state index in [9.17, 15) is 0 Å². The summed E-state index contributed by atoms with van der Waals surface area (Å²) >= 11 is 7.17. The molecule has 0 unspecified atom stereocenters. The highest BCUT2D eigenvalue weighted by molar-refractivity contribution is 8.23. The number of rotatable bonds is 4. The van der Waals surface area contributed by atoms with Crippen LogP contribution in [0.2, 0.25) is 0 Å². The molecule has 0 atom stereocenters. The van der Waals surface area contributed by atoms with Crippen LogP contribution < -0.4 is 4.74 Å². The number of aryl methyl sites for hydroxylation is 1. The van der Waals surface area contributed by atoms with Crippen LogP contribution in [0, 0.1) is 0 Å². The van der Waals surface area contributed by atoms with Crippen molar-refractivity contribution in [3.8, 4) is 5.75 Å². The maximum atomic E-state index is 5.55. The van der Waals surface area contributed by atoms with Gasteiger partial charge in [-0.15, -0.1) is 0 Å². The van der Waals surface area contributed by atoms with Crippen LogP contribution >= 0.6 is 24.0 Å². The average molecular weight is 288 g/mol. The van der Waals surface area contributed by atoms with E-state index in [0.29, 0.717) is 0 Å². The molecule has 0 heterocycles. The first-order valence-electron chi connectivity index (χ1n) is 6.18. The zero-order valence-corrected chi connectivity index (χ0v) is 12.7. The fourth-order valence-corrected chi connectivity index (χ4v) is 3.12. The summed E-state index contributed by atoms with van der Waals surface area (Å²) in [5.41, 5.74) is 2.47. The molecule has 2 rings (SSSR count). The number of methoxy groups -OCH3 is 1. The first-order valence-corrected chi connectivity index (χ1v) is 7.41. The molecule has 98 valence electrons. The van der Waals surface area contributed by atoms with Crippen LogP contribution in [0.3, 0.4) is 0 Å². The molecule has 0 fully saturated rings. The molecule has 0 aliphatic rings. The standard InChI is InChI=1S/C16H16OS2/c1-3-12-6-4-5-7-15(12)16(18)19-14-10-8-13(17-2)9-11-14/h4-11H,3H2,1-2H3. The number of thioether (sulfide) groups is 1. The summed E-state index contributed by atoms with van der Waals surface area (Å²) < 4.78 is 6.07. The molecule has 0 radical (unpaired) electrons. The summed E-state index contributed by atoms with van der Waals surface area (Å²) in [6.07, 6.45) is 0.999. The molecule has 2 aromatic rings. The number of hydrogen-bond acceptors (Lipinski definition) is 3. The number of benzene rings is 2. The highest BCUT2D eigenvalue weighted by Gasteiger charge is 2.07. The lowest BCUT2D eigenvalue weighted by Gasteiger charge is -2.09. The Kier molecular flexibility index (Phi) is 5.00. The van der Waals surface area contributed by atoms with Crippen LogP contribution in [0.1, 0.15) is 18.1 Å². The van der Waals surface area contributed by atoms with E-state index in [-0.39, 0.29) is 0 Å². The van der Waals surface area contributed by atoms with Gasteiger partial charge in [-0.25, -0.2) is 0 Å². The predicted molar refractivity (Wildman–Crippen MR) is 86.4 cm³/mol. The molecule has 19 heavy (non-hydrogen) atoms. The zero-order valence-electron chi connectivity index (χ0n) is 11.1. The fraction of sp³-hybridized carbons (Fsp3) is 0.188. The Bertz CT molecular complexity index is 561. The maximum absolute atomic E-state index is 5.55. The summed E-state index contributed by atoms with van der Waals surface area (Å²) in [5, 5.41) is 0. The first-order chi connectivity index (χ1) is 9.24. The van der Waals surface area contributed by atoms with Gasteiger partial charge in [0.05, 0.1) is 11.3 Å². The summed E-state index contributed by atoms with van der Waals surface area (Å²) in [7, 11) is 1.67. The highest BCUT2D eigenvalue weighted by Crippen LogP contribution is 2.27. The van der Waals surface area contributed by atoms with Crippen molar-refractivity contribution in [2.24, 2.45) is 0 Å². The fourth-order valence-electron chi connectivity index (χ4n) is 1.83. The molecule has 0 aliphatic carbocycles. The van der Waals surface area contributed by atoms with Crippen molar-refractivity contribution in [1.29, 1.82) is 0 Å². The van der Waals surface area contributed by atoms with Gasteiger partial charge in [0.15, 0.2) is 0 Å². The van der Waals surface area contributed by atoms with E-state index in [1.54, 1.807) is 18.9 Å². The van der Waals surface area contributed by atoms with Crippen molar-refractivity contribution in [3.63, 3.8) is 0 Å². The van der Waals surface area contributed by atoms with Gasteiger partial charge in [-0.3, -0.25) is 0 Å². The van der Waals surface area contributed by atoms with Gasteiger partial charge in [0.2, 0.25) is 0 Å². The van der Waals surface area contributed by atoms with Crippen LogP contribution in [0.5, 0.6) is 5.75 Å². The van der Waals surface area contributed by atoms with Crippen molar-refractivity contribution in [2.75, 3.05) is 7.11 Å². The molecule has 0 aliphatic heterocycles. The summed E-state index contributed by atoms with van der Waals surface area (Å²) in [6.45, 7) is 2.15. The Labute approximate surface area is 124 Å². The van der Waals surface area contributed by atoms with Gasteiger partial charge in [0.25, 0.3) is 0 Å². The van der Waals surface area contributed by atoms with Crippen LogP contribution in [-0.2, 0) is 6.42 Å². The largest absolute Gasteiger partial charge is 0.497 e. The molecule has 0 spiro atoms. The lowest BCUT2D eigenvalue weighted by Crippen LogP contribution is -1.97. The van der Waals surface area contributed by atoms with E-state index in [1.807, 2.05) is 30.3 Å². The van der Waals surface area contributed by atoms with Crippen molar-refractivity contribution >= 4 is 28.2 Å². The molecule has 0 amide bonds. The third-order valence-electron chi connectivity index (χ3n) is 2.89. The molecular formula is C16H16OS2. The van der Waals surface area contributed by atoms with Gasteiger partial charge in [-0.05, 0) is 36.2 Å². The van der Waals surface area contributed by atoms with Gasteiger partial charge in [0.1, 0.15) is 5.75 Å². The number of ether oxygens (including phenoxy) is 1. The third kappa shape index (κ3) is 3.58. The second-order valence-corrected chi connectivity index (χ2v) is 5.83. The average Bonchev–Trinajstić information content (AvgIpc) is 2.48. The van der Waals surface area contributed by atoms with Gasteiger partial charge in [-0.1, -0.05) is 55.2 Å². The lowest BCUT2D eigenvalue weighted by molar-refractivity contribution is 0.414. The summed E-state index contributed by atoms with van der Waals surface area (Å²) in [6, 6.07) is 16.3. The van der Waals surface area contributed by atoms with Crippen molar-refractivity contribution in [2.45, 2.75) is 18.2 Å². The minimum Gasteiger partial charge on any atom is -0.497 e. The van der Waals surface area contributed by atoms with Crippen LogP contribution in [0.4, 0.5) is 0 Å². The highest BCUT2D eigenvalue weighted by atomic mass is 32.2. The van der Waals surface area contributed by atoms with Crippen molar-refractivity contribution in [1.82, 2.24) is 0 Å². The van der Waals surface area contributed by atoms with E-state index in [1.165, 1.54) is 11.1 Å². The maximum Gasteiger partial charge on any atom is 0.118 e. The molecular weight excluding hydrogens is 272 g/mol. The quantitative estimate of drug-likeness (QED) is 0.595. The Balaban J connectivity index is 2.16. The topological polar surface area (TPSA) is 9.23 Å². The first kappa shape index (κ1) is 14.1. The Morgan fingerprint density at radius 2 is 1.79 bits per heavy atom. The van der Waals surface area contributed by atoms with Gasteiger partial charge >= 0.3 is 0 Å². The number of thiocarbonyl (C=S) groups is 1. The SMILES string of the molecule is CCc1ccccc1C(=S)Sc1ccc(OC)cc1. The van der Waals surface area contributed by atoms with E-state index in [0.717, 1.165) is 21.3 Å². The van der Waals surface area contributed by atoms with E-state index in [4.69, 9.17) is 17.0 Å². The van der Waals surface area contributed by atoms with E-state index >= 15 is 0 Å². The molecule has 0 saturated carbocycles. The van der Waals surface area contributed by atoms with Crippen LogP contribution in [0.25, 0.3) is 0 Å². The molecule has 0 saturated heterocycles. The van der Waals surface area contributed by atoms with Gasteiger partial charge < -0.3 is 4.74 Å². The molecule has 2 aromatic carbocycles. The van der Waals surface area contributed by atoms with Crippen LogP contribution in [0.15, 0.2) is 53.4 Å². The molecule has 1 nitrogen and oxygen atoms in total. The monoisotopic (exact) mass is 288 g/mol.